The monoisotopic (exact) mass is 343 g/mol. The third-order valence-corrected chi connectivity index (χ3v) is 6.33. The van der Waals surface area contributed by atoms with Gasteiger partial charge >= 0.3 is 0 Å². The molecule has 1 amide bonds. The Morgan fingerprint density at radius 2 is 2.16 bits per heavy atom. The van der Waals surface area contributed by atoms with E-state index in [1.165, 1.54) is 25.7 Å². The maximum Gasteiger partial charge on any atom is 0.239 e. The third-order valence-electron chi connectivity index (χ3n) is 6.33. The molecule has 0 aromatic carbocycles. The molecule has 136 valence electrons. The number of hydrogen-bond donors (Lipinski definition) is 1. The van der Waals surface area contributed by atoms with Crippen LogP contribution in [-0.2, 0) is 4.79 Å². The van der Waals surface area contributed by atoms with Crippen molar-refractivity contribution in [3.05, 3.63) is 18.3 Å². The number of carbonyl (C=O) groups is 1. The van der Waals surface area contributed by atoms with Gasteiger partial charge in [-0.05, 0) is 50.2 Å². The van der Waals surface area contributed by atoms with Crippen LogP contribution in [0.4, 0.5) is 5.82 Å². The van der Waals surface area contributed by atoms with Crippen LogP contribution in [0.1, 0.15) is 44.9 Å². The number of nitrogens with zero attached hydrogens (tertiary/aromatic N) is 4. The average Bonchev–Trinajstić information content (AvgIpc) is 3.12. The highest BCUT2D eigenvalue weighted by atomic mass is 16.2. The second-order valence-corrected chi connectivity index (χ2v) is 7.88. The lowest BCUT2D eigenvalue weighted by atomic mass is 9.85. The van der Waals surface area contributed by atoms with Gasteiger partial charge in [0.15, 0.2) is 5.82 Å². The fourth-order valence-electron chi connectivity index (χ4n) is 4.88. The number of anilines is 1. The van der Waals surface area contributed by atoms with Crippen LogP contribution in [0, 0.1) is 5.92 Å². The van der Waals surface area contributed by atoms with E-state index < -0.39 is 0 Å². The van der Waals surface area contributed by atoms with E-state index in [-0.39, 0.29) is 18.0 Å². The molecule has 25 heavy (non-hydrogen) atoms. The second kappa shape index (κ2) is 7.28. The molecule has 2 aliphatic heterocycles. The van der Waals surface area contributed by atoms with Crippen LogP contribution < -0.4 is 10.2 Å². The van der Waals surface area contributed by atoms with Gasteiger partial charge in [-0.1, -0.05) is 12.8 Å². The van der Waals surface area contributed by atoms with Crippen molar-refractivity contribution in [2.24, 2.45) is 5.92 Å². The van der Waals surface area contributed by atoms with Gasteiger partial charge in [0.25, 0.3) is 0 Å². The van der Waals surface area contributed by atoms with Crippen LogP contribution in [0.5, 0.6) is 0 Å². The molecule has 1 N–H and O–H groups in total. The number of nitrogens with one attached hydrogen (secondary N) is 1. The van der Waals surface area contributed by atoms with Crippen LogP contribution in [0.25, 0.3) is 0 Å². The summed E-state index contributed by atoms with van der Waals surface area (Å²) in [5.74, 6) is 1.90. The van der Waals surface area contributed by atoms with Gasteiger partial charge in [-0.25, -0.2) is 0 Å². The highest BCUT2D eigenvalue weighted by molar-refractivity contribution is 5.82. The van der Waals surface area contributed by atoms with E-state index in [0.717, 1.165) is 38.2 Å². The Labute approximate surface area is 150 Å². The number of aromatic nitrogens is 2. The molecular formula is C19H29N5O. The summed E-state index contributed by atoms with van der Waals surface area (Å²) in [6.07, 6.45) is 10.0. The number of rotatable bonds is 3. The Hall–Kier alpha value is -1.69. The summed E-state index contributed by atoms with van der Waals surface area (Å²) < 4.78 is 0. The number of fused-ring (bicyclic) bond motifs is 1. The standard InChI is InChI=1S/C19H29N5O/c1-23(19(25)17-12-14-6-2-3-8-16(14)21-17)15-7-5-11-24(13-15)18-9-4-10-20-22-18/h4,9-10,14-17,21H,2-3,5-8,11-13H2,1H3. The number of likely N-dealkylation sites (N-methyl/N-ethyl adjacent to an activating group) is 1. The fraction of sp³-hybridized carbons (Fsp3) is 0.737. The molecule has 4 rings (SSSR count). The first-order valence-electron chi connectivity index (χ1n) is 9.78. The smallest absolute Gasteiger partial charge is 0.239 e. The van der Waals surface area contributed by atoms with Gasteiger partial charge in [0.2, 0.25) is 5.91 Å². The topological polar surface area (TPSA) is 61.4 Å². The summed E-state index contributed by atoms with van der Waals surface area (Å²) >= 11 is 0. The highest BCUT2D eigenvalue weighted by Gasteiger charge is 2.40. The van der Waals surface area contributed by atoms with Crippen LogP contribution in [0.15, 0.2) is 18.3 Å². The lowest BCUT2D eigenvalue weighted by Gasteiger charge is -2.38. The van der Waals surface area contributed by atoms with E-state index in [2.05, 4.69) is 20.4 Å². The van der Waals surface area contributed by atoms with Crippen LogP contribution >= 0.6 is 0 Å². The van der Waals surface area contributed by atoms with E-state index >= 15 is 0 Å². The van der Waals surface area contributed by atoms with E-state index in [9.17, 15) is 4.79 Å². The number of piperidine rings is 1. The minimum atomic E-state index is 0.0185. The Bertz CT molecular complexity index is 581. The van der Waals surface area contributed by atoms with E-state index in [1.807, 2.05) is 24.1 Å². The van der Waals surface area contributed by atoms with Crippen molar-refractivity contribution in [1.82, 2.24) is 20.4 Å². The molecule has 0 spiro atoms. The molecule has 4 unspecified atom stereocenters. The van der Waals surface area contributed by atoms with Gasteiger partial charge in [0.05, 0.1) is 6.04 Å². The van der Waals surface area contributed by atoms with E-state index in [0.29, 0.717) is 12.0 Å². The molecule has 1 aliphatic carbocycles. The third kappa shape index (κ3) is 3.50. The van der Waals surface area contributed by atoms with Crippen molar-refractivity contribution >= 4 is 11.7 Å². The molecule has 3 aliphatic rings. The Morgan fingerprint density at radius 3 is 2.96 bits per heavy atom. The first-order valence-corrected chi connectivity index (χ1v) is 9.78. The lowest BCUT2D eigenvalue weighted by Crippen LogP contribution is -2.53. The van der Waals surface area contributed by atoms with E-state index in [1.54, 1.807) is 6.20 Å². The van der Waals surface area contributed by atoms with Crippen molar-refractivity contribution in [1.29, 1.82) is 0 Å². The summed E-state index contributed by atoms with van der Waals surface area (Å²) in [5.41, 5.74) is 0. The minimum Gasteiger partial charge on any atom is -0.353 e. The second-order valence-electron chi connectivity index (χ2n) is 7.88. The van der Waals surface area contributed by atoms with Gasteiger partial charge in [0, 0.05) is 38.4 Å². The minimum absolute atomic E-state index is 0.0185. The highest BCUT2D eigenvalue weighted by Crippen LogP contribution is 2.34. The maximum atomic E-state index is 13.0. The molecular weight excluding hydrogens is 314 g/mol. The van der Waals surface area contributed by atoms with Crippen LogP contribution in [0.3, 0.4) is 0 Å². The molecule has 6 nitrogen and oxygen atoms in total. The van der Waals surface area contributed by atoms with Gasteiger partial charge in [-0.15, -0.1) is 5.10 Å². The number of amides is 1. The van der Waals surface area contributed by atoms with Crippen molar-refractivity contribution < 1.29 is 4.79 Å². The van der Waals surface area contributed by atoms with Gasteiger partial charge in [0.1, 0.15) is 0 Å². The molecule has 3 fully saturated rings. The zero-order valence-electron chi connectivity index (χ0n) is 15.1. The van der Waals surface area contributed by atoms with Crippen molar-refractivity contribution in [2.75, 3.05) is 25.0 Å². The van der Waals surface area contributed by atoms with E-state index in [4.69, 9.17) is 0 Å². The van der Waals surface area contributed by atoms with Gasteiger partial charge < -0.3 is 15.1 Å². The van der Waals surface area contributed by atoms with Crippen molar-refractivity contribution in [2.45, 2.75) is 63.1 Å². The zero-order valence-corrected chi connectivity index (χ0v) is 15.1. The molecule has 1 aromatic rings. The maximum absolute atomic E-state index is 13.0. The summed E-state index contributed by atoms with van der Waals surface area (Å²) in [6, 6.07) is 4.77. The molecule has 1 saturated carbocycles. The fourth-order valence-corrected chi connectivity index (χ4v) is 4.88. The summed E-state index contributed by atoms with van der Waals surface area (Å²) in [7, 11) is 1.98. The summed E-state index contributed by atoms with van der Waals surface area (Å²) in [5, 5.41) is 11.8. The van der Waals surface area contributed by atoms with Crippen molar-refractivity contribution in [3.8, 4) is 0 Å². The molecule has 2 saturated heterocycles. The molecule has 3 heterocycles. The zero-order chi connectivity index (χ0) is 17.2. The predicted molar refractivity (Wildman–Crippen MR) is 97.3 cm³/mol. The number of hydrogen-bond acceptors (Lipinski definition) is 5. The average molecular weight is 343 g/mol. The molecule has 6 heteroatoms. The normalized spacial score (nSPS) is 32.3. The predicted octanol–water partition coefficient (Wildman–Crippen LogP) is 1.82. The lowest BCUT2D eigenvalue weighted by molar-refractivity contribution is -0.134. The Morgan fingerprint density at radius 1 is 1.28 bits per heavy atom. The largest absolute Gasteiger partial charge is 0.353 e. The molecule has 0 bridgehead atoms. The van der Waals surface area contributed by atoms with Crippen LogP contribution in [0.2, 0.25) is 0 Å². The van der Waals surface area contributed by atoms with Gasteiger partial charge in [-0.2, -0.15) is 5.10 Å². The van der Waals surface area contributed by atoms with Crippen LogP contribution in [-0.4, -0.2) is 59.3 Å². The molecule has 1 aromatic heterocycles. The quantitative estimate of drug-likeness (QED) is 0.907. The molecule has 0 radical (unpaired) electrons. The number of carbonyl (C=O) groups excluding carboxylic acids is 1. The Balaban J connectivity index is 1.38. The summed E-state index contributed by atoms with van der Waals surface area (Å²) in [6.45, 7) is 1.84. The first kappa shape index (κ1) is 16.8. The Kier molecular flexibility index (Phi) is 4.88. The first-order chi connectivity index (χ1) is 12.2. The SMILES string of the molecule is CN(C(=O)C1CC2CCCCC2N1)C1CCCN(c2cccnn2)C1. The van der Waals surface area contributed by atoms with Crippen molar-refractivity contribution in [3.63, 3.8) is 0 Å². The molecule has 4 atom stereocenters. The summed E-state index contributed by atoms with van der Waals surface area (Å²) in [4.78, 5) is 17.3. The van der Waals surface area contributed by atoms with Gasteiger partial charge in [-0.3, -0.25) is 4.79 Å².